The van der Waals surface area contributed by atoms with Gasteiger partial charge in [-0.15, -0.1) is 0 Å². The zero-order valence-corrected chi connectivity index (χ0v) is 15.2. The van der Waals surface area contributed by atoms with Crippen molar-refractivity contribution in [3.05, 3.63) is 23.3 Å². The molecule has 0 fully saturated rings. The van der Waals surface area contributed by atoms with E-state index in [4.69, 9.17) is 4.74 Å². The molecule has 0 aliphatic rings. The normalized spacial score (nSPS) is 15.0. The van der Waals surface area contributed by atoms with Crippen LogP contribution in [0.5, 0.6) is 0 Å². The van der Waals surface area contributed by atoms with E-state index in [9.17, 15) is 9.90 Å². The van der Waals surface area contributed by atoms with Gasteiger partial charge in [0.05, 0.1) is 11.7 Å². The highest BCUT2D eigenvalue weighted by Crippen LogP contribution is 2.20. The van der Waals surface area contributed by atoms with Crippen molar-refractivity contribution in [1.29, 1.82) is 0 Å². The van der Waals surface area contributed by atoms with E-state index in [-0.39, 0.29) is 5.78 Å². The van der Waals surface area contributed by atoms with Gasteiger partial charge < -0.3 is 14.6 Å². The minimum Gasteiger partial charge on any atom is -0.390 e. The van der Waals surface area contributed by atoms with E-state index in [2.05, 4.69) is 26.0 Å². The van der Waals surface area contributed by atoms with Crippen LogP contribution in [0, 0.1) is 0 Å². The van der Waals surface area contributed by atoms with Crippen LogP contribution in [-0.4, -0.2) is 29.7 Å². The lowest BCUT2D eigenvalue weighted by Gasteiger charge is -2.29. The van der Waals surface area contributed by atoms with Gasteiger partial charge in [-0.25, -0.2) is 0 Å². The van der Waals surface area contributed by atoms with Crippen LogP contribution in [0.25, 0.3) is 0 Å². The van der Waals surface area contributed by atoms with Gasteiger partial charge in [0.2, 0.25) is 0 Å². The lowest BCUT2D eigenvalue weighted by atomic mass is 9.95. The molecule has 22 heavy (non-hydrogen) atoms. The number of rotatable bonds is 11. The number of ketones is 1. The lowest BCUT2D eigenvalue weighted by molar-refractivity contribution is -0.116. The fourth-order valence-electron chi connectivity index (χ4n) is 2.12. The van der Waals surface area contributed by atoms with Crippen LogP contribution in [0.2, 0.25) is 0 Å². The first kappa shape index (κ1) is 21.1. The molecule has 0 rings (SSSR count). The van der Waals surface area contributed by atoms with Crippen molar-refractivity contribution in [2.45, 2.75) is 84.8 Å². The molecule has 0 bridgehead atoms. The molecular formula is C19H34O3. The van der Waals surface area contributed by atoms with Gasteiger partial charge in [-0.3, -0.25) is 0 Å². The number of methoxy groups -OCH3 is 1. The van der Waals surface area contributed by atoms with E-state index in [0.717, 1.165) is 32.1 Å². The molecule has 3 nitrogen and oxygen atoms in total. The van der Waals surface area contributed by atoms with Crippen molar-refractivity contribution in [2.75, 3.05) is 7.11 Å². The molecule has 1 atom stereocenters. The van der Waals surface area contributed by atoms with Gasteiger partial charge >= 0.3 is 0 Å². The Hall–Kier alpha value is -0.930. The van der Waals surface area contributed by atoms with Crippen molar-refractivity contribution in [1.82, 2.24) is 0 Å². The van der Waals surface area contributed by atoms with Gasteiger partial charge in [0, 0.05) is 13.5 Å². The van der Waals surface area contributed by atoms with Crippen molar-refractivity contribution < 1.29 is 14.6 Å². The number of carbonyl (C=O) groups excluding carboxylic acids is 1. The van der Waals surface area contributed by atoms with E-state index in [1.165, 1.54) is 11.1 Å². The number of Topliss-reactive ketones (excluding diaryl/α,β-unsaturated/α-hetero) is 1. The van der Waals surface area contributed by atoms with E-state index < -0.39 is 11.7 Å². The minimum atomic E-state index is -0.490. The van der Waals surface area contributed by atoms with Gasteiger partial charge in [-0.05, 0) is 66.7 Å². The van der Waals surface area contributed by atoms with Gasteiger partial charge in [-0.2, -0.15) is 0 Å². The molecule has 0 aromatic rings. The van der Waals surface area contributed by atoms with Crippen molar-refractivity contribution in [3.63, 3.8) is 0 Å². The Morgan fingerprint density at radius 2 is 1.55 bits per heavy atom. The molecule has 0 radical (unpaired) electrons. The number of hydrogen-bond acceptors (Lipinski definition) is 3. The predicted octanol–water partition coefficient (Wildman–Crippen LogP) is 4.59. The summed E-state index contributed by atoms with van der Waals surface area (Å²) in [5.74, 6) is 0.248. The first-order chi connectivity index (χ1) is 10.2. The predicted molar refractivity (Wildman–Crippen MR) is 93.0 cm³/mol. The Bertz CT molecular complexity index is 391. The minimum absolute atomic E-state index is 0.248. The number of aliphatic hydroxyl groups is 1. The van der Waals surface area contributed by atoms with Crippen molar-refractivity contribution >= 4 is 5.78 Å². The molecule has 1 unspecified atom stereocenters. The van der Waals surface area contributed by atoms with Crippen LogP contribution < -0.4 is 0 Å². The maximum absolute atomic E-state index is 10.9. The zero-order valence-electron chi connectivity index (χ0n) is 15.2. The van der Waals surface area contributed by atoms with Gasteiger partial charge in [0.15, 0.2) is 0 Å². The second-order valence-corrected chi connectivity index (χ2v) is 6.74. The molecule has 0 aliphatic heterocycles. The summed E-state index contributed by atoms with van der Waals surface area (Å²) in [4.78, 5) is 10.9. The highest BCUT2D eigenvalue weighted by molar-refractivity contribution is 5.75. The topological polar surface area (TPSA) is 46.5 Å². The second kappa shape index (κ2) is 10.7. The SMILES string of the molecule is COC(C)(C)C(O)CCC(C)=CCCC(C)=CCCC(C)=O. The largest absolute Gasteiger partial charge is 0.390 e. The third-order valence-electron chi connectivity index (χ3n) is 4.16. The Labute approximate surface area is 136 Å². The summed E-state index contributed by atoms with van der Waals surface area (Å²) < 4.78 is 5.30. The highest BCUT2D eigenvalue weighted by Gasteiger charge is 2.26. The van der Waals surface area contributed by atoms with Crippen molar-refractivity contribution in [3.8, 4) is 0 Å². The van der Waals surface area contributed by atoms with Crippen LogP contribution >= 0.6 is 0 Å². The second-order valence-electron chi connectivity index (χ2n) is 6.74. The molecule has 0 saturated heterocycles. The molecule has 0 amide bonds. The molecule has 0 aliphatic carbocycles. The average molecular weight is 310 g/mol. The summed E-state index contributed by atoms with van der Waals surface area (Å²) in [6.45, 7) is 9.68. The highest BCUT2D eigenvalue weighted by atomic mass is 16.5. The van der Waals surface area contributed by atoms with Crippen LogP contribution in [0.4, 0.5) is 0 Å². The monoisotopic (exact) mass is 310 g/mol. The van der Waals surface area contributed by atoms with E-state index >= 15 is 0 Å². The quantitative estimate of drug-likeness (QED) is 0.568. The number of allylic oxidation sites excluding steroid dienone is 4. The lowest BCUT2D eigenvalue weighted by Crippen LogP contribution is -2.37. The molecule has 0 aromatic carbocycles. The summed E-state index contributed by atoms with van der Waals surface area (Å²) in [6.07, 6.45) is 9.09. The number of ether oxygens (including phenoxy) is 1. The number of aliphatic hydroxyl groups excluding tert-OH is 1. The van der Waals surface area contributed by atoms with E-state index in [0.29, 0.717) is 6.42 Å². The van der Waals surface area contributed by atoms with Crippen LogP contribution in [0.1, 0.15) is 73.1 Å². The van der Waals surface area contributed by atoms with Gasteiger partial charge in [0.1, 0.15) is 5.78 Å². The van der Waals surface area contributed by atoms with Crippen molar-refractivity contribution in [2.24, 2.45) is 0 Å². The average Bonchev–Trinajstić information content (AvgIpc) is 2.44. The number of carbonyl (C=O) groups is 1. The Balaban J connectivity index is 4.06. The summed E-state index contributed by atoms with van der Waals surface area (Å²) in [5.41, 5.74) is 2.16. The third kappa shape index (κ3) is 9.91. The summed E-state index contributed by atoms with van der Waals surface area (Å²) in [7, 11) is 1.63. The molecule has 0 aromatic heterocycles. The van der Waals surface area contributed by atoms with Crippen LogP contribution in [-0.2, 0) is 9.53 Å². The fraction of sp³-hybridized carbons (Fsp3) is 0.737. The van der Waals surface area contributed by atoms with Crippen LogP contribution in [0.3, 0.4) is 0 Å². The van der Waals surface area contributed by atoms with E-state index in [1.54, 1.807) is 14.0 Å². The fourth-order valence-corrected chi connectivity index (χ4v) is 2.12. The van der Waals surface area contributed by atoms with Gasteiger partial charge in [-0.1, -0.05) is 23.3 Å². The Morgan fingerprint density at radius 1 is 1.05 bits per heavy atom. The molecule has 0 spiro atoms. The maximum atomic E-state index is 10.9. The van der Waals surface area contributed by atoms with Gasteiger partial charge in [0.25, 0.3) is 0 Å². The molecule has 128 valence electrons. The Morgan fingerprint density at radius 3 is 2.05 bits per heavy atom. The maximum Gasteiger partial charge on any atom is 0.130 e. The molecule has 3 heteroatoms. The first-order valence-corrected chi connectivity index (χ1v) is 8.23. The molecule has 0 saturated carbocycles. The standard InChI is InChI=1S/C19H34O3/c1-15(11-8-12-17(3)20)9-7-10-16(2)13-14-18(21)19(4,5)22-6/h10-11,18,21H,7-9,12-14H2,1-6H3. The summed E-state index contributed by atoms with van der Waals surface area (Å²) in [5, 5.41) is 10.1. The zero-order chi connectivity index (χ0) is 17.2. The summed E-state index contributed by atoms with van der Waals surface area (Å²) >= 11 is 0. The van der Waals surface area contributed by atoms with Crippen LogP contribution in [0.15, 0.2) is 23.3 Å². The summed E-state index contributed by atoms with van der Waals surface area (Å²) in [6, 6.07) is 0. The third-order valence-corrected chi connectivity index (χ3v) is 4.16. The molecular weight excluding hydrogens is 276 g/mol. The smallest absolute Gasteiger partial charge is 0.130 e. The molecule has 1 N–H and O–H groups in total. The first-order valence-electron chi connectivity index (χ1n) is 8.23. The number of hydrogen-bond donors (Lipinski definition) is 1. The molecule has 0 heterocycles. The van der Waals surface area contributed by atoms with E-state index in [1.807, 2.05) is 13.8 Å². The Kier molecular flexibility index (Phi) is 10.3.